The van der Waals surface area contributed by atoms with E-state index in [4.69, 9.17) is 10.3 Å². The van der Waals surface area contributed by atoms with Crippen LogP contribution < -0.4 is 5.73 Å². The summed E-state index contributed by atoms with van der Waals surface area (Å²) in [6, 6.07) is 8.10. The van der Waals surface area contributed by atoms with Crippen molar-refractivity contribution < 1.29 is 9.63 Å². The number of nitrogens with zero attached hydrogens (tertiary/aromatic N) is 2. The first-order valence-corrected chi connectivity index (χ1v) is 9.52. The van der Waals surface area contributed by atoms with Gasteiger partial charge >= 0.3 is 0 Å². The Bertz CT molecular complexity index is 968. The van der Waals surface area contributed by atoms with E-state index >= 15 is 0 Å². The Hall–Kier alpha value is -2.11. The number of hydrogen-bond donors (Lipinski definition) is 2. The van der Waals surface area contributed by atoms with Crippen molar-refractivity contribution in [1.29, 1.82) is 0 Å². The van der Waals surface area contributed by atoms with Gasteiger partial charge in [-0.2, -0.15) is 0 Å². The lowest BCUT2D eigenvalue weighted by atomic mass is 9.84. The molecule has 0 aliphatic carbocycles. The zero-order chi connectivity index (χ0) is 20.1. The molecular weight excluding hydrogens is 338 g/mol. The van der Waals surface area contributed by atoms with Gasteiger partial charge in [0.05, 0.1) is 23.1 Å². The number of rotatable bonds is 4. The van der Waals surface area contributed by atoms with Gasteiger partial charge in [-0.15, -0.1) is 0 Å². The number of aliphatic hydroxyl groups excluding tert-OH is 1. The van der Waals surface area contributed by atoms with Gasteiger partial charge in [-0.1, -0.05) is 51.1 Å². The molecule has 1 aromatic carbocycles. The van der Waals surface area contributed by atoms with Crippen LogP contribution in [0, 0.1) is 0 Å². The predicted molar refractivity (Wildman–Crippen MR) is 110 cm³/mol. The quantitative estimate of drug-likeness (QED) is 0.711. The molecule has 5 nitrogen and oxygen atoms in total. The van der Waals surface area contributed by atoms with Gasteiger partial charge in [-0.05, 0) is 26.3 Å². The van der Waals surface area contributed by atoms with Crippen molar-refractivity contribution in [3.05, 3.63) is 41.3 Å². The van der Waals surface area contributed by atoms with Crippen LogP contribution >= 0.6 is 0 Å². The Morgan fingerprint density at radius 3 is 2.37 bits per heavy atom. The smallest absolute Gasteiger partial charge is 0.151 e. The zero-order valence-corrected chi connectivity index (χ0v) is 17.4. The van der Waals surface area contributed by atoms with Crippen LogP contribution in [-0.2, 0) is 18.9 Å². The molecule has 3 rings (SSSR count). The lowest BCUT2D eigenvalue weighted by Gasteiger charge is -2.27. The van der Waals surface area contributed by atoms with E-state index in [1.165, 1.54) is 0 Å². The van der Waals surface area contributed by atoms with Crippen molar-refractivity contribution >= 4 is 10.9 Å². The molecule has 0 aliphatic rings. The normalized spacial score (nSPS) is 14.1. The summed E-state index contributed by atoms with van der Waals surface area (Å²) in [6.45, 7) is 12.1. The molecule has 0 saturated carbocycles. The fourth-order valence-electron chi connectivity index (χ4n) is 3.69. The van der Waals surface area contributed by atoms with Gasteiger partial charge in [0.25, 0.3) is 0 Å². The molecule has 0 saturated heterocycles. The van der Waals surface area contributed by atoms with Crippen LogP contribution in [0.2, 0.25) is 0 Å². The first kappa shape index (κ1) is 19.6. The summed E-state index contributed by atoms with van der Waals surface area (Å²) in [5.41, 5.74) is 10.0. The number of aryl methyl sites for hydroxylation is 2. The molecule has 0 radical (unpaired) electrons. The molecule has 0 amide bonds. The van der Waals surface area contributed by atoms with E-state index in [9.17, 15) is 5.11 Å². The third-order valence-corrected chi connectivity index (χ3v) is 5.14. The monoisotopic (exact) mass is 369 g/mol. The molecule has 5 heteroatoms. The second kappa shape index (κ2) is 6.50. The summed E-state index contributed by atoms with van der Waals surface area (Å²) in [7, 11) is 2.02. The summed E-state index contributed by atoms with van der Waals surface area (Å²) >= 11 is 0. The summed E-state index contributed by atoms with van der Waals surface area (Å²) < 4.78 is 7.93. The van der Waals surface area contributed by atoms with Gasteiger partial charge in [0.2, 0.25) is 0 Å². The molecule has 0 bridgehead atoms. The standard InChI is InChI=1S/C22H31N3O2/c1-8-14-17(20(27-24-14)21(2,3)4)18-16(19(26)22(5,6)23)13-11-9-10-12-15(13)25(18)7/h9-12,19,26H,8,23H2,1-7H3. The van der Waals surface area contributed by atoms with Gasteiger partial charge in [0.1, 0.15) is 0 Å². The van der Waals surface area contributed by atoms with Gasteiger partial charge in [0.15, 0.2) is 5.76 Å². The van der Waals surface area contributed by atoms with E-state index in [-0.39, 0.29) is 5.41 Å². The van der Waals surface area contributed by atoms with Crippen molar-refractivity contribution in [2.24, 2.45) is 12.8 Å². The maximum atomic E-state index is 11.2. The fourth-order valence-corrected chi connectivity index (χ4v) is 3.69. The number of aromatic nitrogens is 2. The van der Waals surface area contributed by atoms with E-state index in [0.29, 0.717) is 0 Å². The maximum Gasteiger partial charge on any atom is 0.151 e. The number of fused-ring (bicyclic) bond motifs is 1. The molecule has 3 aromatic rings. The van der Waals surface area contributed by atoms with Crippen molar-refractivity contribution in [3.63, 3.8) is 0 Å². The van der Waals surface area contributed by atoms with E-state index in [1.807, 2.05) is 39.1 Å². The molecule has 2 heterocycles. The number of benzene rings is 1. The van der Waals surface area contributed by atoms with E-state index in [1.54, 1.807) is 0 Å². The minimum Gasteiger partial charge on any atom is -0.386 e. The molecule has 0 aliphatic heterocycles. The summed E-state index contributed by atoms with van der Waals surface area (Å²) in [5.74, 6) is 0.827. The van der Waals surface area contributed by atoms with E-state index in [2.05, 4.69) is 43.5 Å². The van der Waals surface area contributed by atoms with E-state index in [0.717, 1.165) is 45.6 Å². The fraction of sp³-hybridized carbons (Fsp3) is 0.500. The average Bonchev–Trinajstić information content (AvgIpc) is 3.12. The van der Waals surface area contributed by atoms with Crippen LogP contribution in [0.15, 0.2) is 28.8 Å². The van der Waals surface area contributed by atoms with Crippen LogP contribution in [0.1, 0.15) is 64.7 Å². The Labute approximate surface area is 161 Å². The number of aliphatic hydroxyl groups is 1. The van der Waals surface area contributed by atoms with Gasteiger partial charge in [-0.25, -0.2) is 0 Å². The molecule has 3 N–H and O–H groups in total. The van der Waals surface area contributed by atoms with Crippen LogP contribution in [0.25, 0.3) is 22.2 Å². The highest BCUT2D eigenvalue weighted by molar-refractivity contribution is 5.93. The predicted octanol–water partition coefficient (Wildman–Crippen LogP) is 4.46. The SMILES string of the molecule is CCc1noc(C(C)(C)C)c1-c1c(C(O)C(C)(C)N)c2ccccc2n1C. The lowest BCUT2D eigenvalue weighted by Crippen LogP contribution is -2.39. The van der Waals surface area contributed by atoms with Crippen LogP contribution in [-0.4, -0.2) is 20.4 Å². The molecule has 1 atom stereocenters. The number of para-hydroxylation sites is 1. The average molecular weight is 370 g/mol. The minimum absolute atomic E-state index is 0.216. The Morgan fingerprint density at radius 1 is 1.19 bits per heavy atom. The van der Waals surface area contributed by atoms with Crippen molar-refractivity contribution in [1.82, 2.24) is 9.72 Å². The largest absolute Gasteiger partial charge is 0.386 e. The molecule has 0 spiro atoms. The van der Waals surface area contributed by atoms with Gasteiger partial charge < -0.3 is 19.9 Å². The minimum atomic E-state index is -0.828. The first-order chi connectivity index (χ1) is 12.5. The van der Waals surface area contributed by atoms with Gasteiger partial charge in [-0.3, -0.25) is 0 Å². The van der Waals surface area contributed by atoms with Crippen LogP contribution in [0.3, 0.4) is 0 Å². The Balaban J connectivity index is 2.47. The lowest BCUT2D eigenvalue weighted by molar-refractivity contribution is 0.106. The maximum absolute atomic E-state index is 11.2. The molecule has 146 valence electrons. The Kier molecular flexibility index (Phi) is 4.73. The second-order valence-electron chi connectivity index (χ2n) is 9.00. The first-order valence-electron chi connectivity index (χ1n) is 9.52. The molecule has 0 fully saturated rings. The molecule has 27 heavy (non-hydrogen) atoms. The van der Waals surface area contributed by atoms with Gasteiger partial charge in [0, 0.05) is 34.5 Å². The second-order valence-corrected chi connectivity index (χ2v) is 9.00. The van der Waals surface area contributed by atoms with Crippen LogP contribution in [0.5, 0.6) is 0 Å². The summed E-state index contributed by atoms with van der Waals surface area (Å²) in [5, 5.41) is 16.6. The molecular formula is C22H31N3O2. The highest BCUT2D eigenvalue weighted by Gasteiger charge is 2.36. The van der Waals surface area contributed by atoms with Crippen molar-refractivity contribution in [2.45, 2.75) is 65.0 Å². The highest BCUT2D eigenvalue weighted by atomic mass is 16.5. The zero-order valence-electron chi connectivity index (χ0n) is 17.4. The van der Waals surface area contributed by atoms with Crippen molar-refractivity contribution in [3.8, 4) is 11.3 Å². The molecule has 2 aromatic heterocycles. The third kappa shape index (κ3) is 3.19. The van der Waals surface area contributed by atoms with Crippen molar-refractivity contribution in [2.75, 3.05) is 0 Å². The number of hydrogen-bond acceptors (Lipinski definition) is 4. The van der Waals surface area contributed by atoms with E-state index < -0.39 is 11.6 Å². The topological polar surface area (TPSA) is 77.2 Å². The Morgan fingerprint density at radius 2 is 1.81 bits per heavy atom. The molecule has 1 unspecified atom stereocenters. The summed E-state index contributed by atoms with van der Waals surface area (Å²) in [4.78, 5) is 0. The third-order valence-electron chi connectivity index (χ3n) is 5.14. The van der Waals surface area contributed by atoms with Crippen LogP contribution in [0.4, 0.5) is 0 Å². The highest BCUT2D eigenvalue weighted by Crippen LogP contribution is 2.44. The number of nitrogens with two attached hydrogens (primary N) is 1. The summed E-state index contributed by atoms with van der Waals surface area (Å²) in [6.07, 6.45) is -0.0797.